The zero-order valence-corrected chi connectivity index (χ0v) is 11.8. The van der Waals surface area contributed by atoms with Crippen LogP contribution in [0.5, 0.6) is 0 Å². The molecule has 19 heavy (non-hydrogen) atoms. The van der Waals surface area contributed by atoms with Crippen molar-refractivity contribution in [1.29, 1.82) is 0 Å². The maximum atomic E-state index is 11.8. The molecule has 5 heteroatoms. The number of nitrogens with zero attached hydrogens (tertiary/aromatic N) is 2. The van der Waals surface area contributed by atoms with Gasteiger partial charge in [-0.1, -0.05) is 20.8 Å². The fraction of sp³-hybridized carbons (Fsp3) is 0.643. The number of nitrogens with one attached hydrogen (secondary N) is 1. The van der Waals surface area contributed by atoms with E-state index < -0.39 is 5.41 Å². The van der Waals surface area contributed by atoms with E-state index in [2.05, 4.69) is 10.4 Å². The van der Waals surface area contributed by atoms with Gasteiger partial charge >= 0.3 is 0 Å². The molecule has 1 aliphatic rings. The zero-order valence-electron chi connectivity index (χ0n) is 11.8. The van der Waals surface area contributed by atoms with E-state index in [-0.39, 0.29) is 11.5 Å². The van der Waals surface area contributed by atoms with Gasteiger partial charge in [-0.3, -0.25) is 9.59 Å². The lowest BCUT2D eigenvalue weighted by atomic mass is 9.96. The third kappa shape index (κ3) is 3.22. The van der Waals surface area contributed by atoms with Crippen molar-refractivity contribution in [3.8, 4) is 0 Å². The Balaban J connectivity index is 1.97. The summed E-state index contributed by atoms with van der Waals surface area (Å²) in [5.41, 5.74) is 1.63. The molecule has 0 radical (unpaired) electrons. The van der Waals surface area contributed by atoms with E-state index in [0.29, 0.717) is 13.1 Å². The number of carbonyl (C=O) groups is 1. The number of aryl methyl sites for hydroxylation is 2. The summed E-state index contributed by atoms with van der Waals surface area (Å²) in [4.78, 5) is 23.5. The van der Waals surface area contributed by atoms with Gasteiger partial charge in [0, 0.05) is 18.0 Å². The minimum absolute atomic E-state index is 0.0123. The van der Waals surface area contributed by atoms with Gasteiger partial charge < -0.3 is 5.32 Å². The Morgan fingerprint density at radius 3 is 2.84 bits per heavy atom. The summed E-state index contributed by atoms with van der Waals surface area (Å²) in [5.74, 6) is -0.0123. The van der Waals surface area contributed by atoms with Gasteiger partial charge in [0.05, 0.1) is 12.2 Å². The Hall–Kier alpha value is -1.65. The highest BCUT2D eigenvalue weighted by atomic mass is 16.2. The summed E-state index contributed by atoms with van der Waals surface area (Å²) in [6.07, 6.45) is 2.98. The standard InChI is InChI=1S/C14H21N3O2/c1-14(2,3)13(19)15-7-8-17-12(18)9-10-5-4-6-11(10)16-17/h9H,4-8H2,1-3H3,(H,15,19). The smallest absolute Gasteiger partial charge is 0.267 e. The van der Waals surface area contributed by atoms with Crippen molar-refractivity contribution in [2.45, 2.75) is 46.6 Å². The van der Waals surface area contributed by atoms with Crippen LogP contribution in [0.2, 0.25) is 0 Å². The molecule has 1 N–H and O–H groups in total. The number of hydrogen-bond acceptors (Lipinski definition) is 3. The molecule has 0 spiro atoms. The van der Waals surface area contributed by atoms with Gasteiger partial charge in [0.2, 0.25) is 5.91 Å². The lowest BCUT2D eigenvalue weighted by Gasteiger charge is -2.17. The molecule has 0 atom stereocenters. The van der Waals surface area contributed by atoms with Gasteiger partial charge in [-0.15, -0.1) is 0 Å². The third-order valence-corrected chi connectivity index (χ3v) is 3.31. The molecule has 1 amide bonds. The number of amides is 1. The quantitative estimate of drug-likeness (QED) is 0.881. The van der Waals surface area contributed by atoms with Crippen LogP contribution in [-0.4, -0.2) is 22.2 Å². The molecule has 1 aromatic rings. The topological polar surface area (TPSA) is 64.0 Å². The van der Waals surface area contributed by atoms with E-state index in [9.17, 15) is 9.59 Å². The molecule has 1 aromatic heterocycles. The number of fused-ring (bicyclic) bond motifs is 1. The van der Waals surface area contributed by atoms with E-state index >= 15 is 0 Å². The molecular weight excluding hydrogens is 242 g/mol. The molecule has 104 valence electrons. The molecule has 2 rings (SSSR count). The minimum atomic E-state index is -0.406. The van der Waals surface area contributed by atoms with Crippen molar-refractivity contribution in [2.75, 3.05) is 6.54 Å². The SMILES string of the molecule is CC(C)(C)C(=O)NCCn1nc2c(cc1=O)CCC2. The van der Waals surface area contributed by atoms with Crippen LogP contribution in [0.3, 0.4) is 0 Å². The van der Waals surface area contributed by atoms with E-state index in [4.69, 9.17) is 0 Å². The Morgan fingerprint density at radius 2 is 2.16 bits per heavy atom. The summed E-state index contributed by atoms with van der Waals surface area (Å²) >= 11 is 0. The molecule has 0 aromatic carbocycles. The number of carbonyl (C=O) groups excluding carboxylic acids is 1. The van der Waals surface area contributed by atoms with Gasteiger partial charge in [-0.2, -0.15) is 5.10 Å². The second kappa shape index (κ2) is 5.15. The molecule has 0 bridgehead atoms. The van der Waals surface area contributed by atoms with Crippen LogP contribution < -0.4 is 10.9 Å². The van der Waals surface area contributed by atoms with Crippen molar-refractivity contribution in [2.24, 2.45) is 5.41 Å². The highest BCUT2D eigenvalue weighted by molar-refractivity contribution is 5.81. The average molecular weight is 263 g/mol. The number of aromatic nitrogens is 2. The van der Waals surface area contributed by atoms with Crippen LogP contribution in [0.25, 0.3) is 0 Å². The van der Waals surface area contributed by atoms with Gasteiger partial charge in [0.15, 0.2) is 0 Å². The van der Waals surface area contributed by atoms with Crippen LogP contribution in [0.1, 0.15) is 38.4 Å². The zero-order chi connectivity index (χ0) is 14.0. The highest BCUT2D eigenvalue weighted by Crippen LogP contribution is 2.16. The van der Waals surface area contributed by atoms with Crippen molar-refractivity contribution in [3.63, 3.8) is 0 Å². The molecule has 0 fully saturated rings. The Kier molecular flexibility index (Phi) is 3.73. The normalized spacial score (nSPS) is 14.3. The van der Waals surface area contributed by atoms with Crippen LogP contribution in [0, 0.1) is 5.41 Å². The molecule has 0 aliphatic heterocycles. The van der Waals surface area contributed by atoms with Crippen molar-refractivity contribution in [1.82, 2.24) is 15.1 Å². The number of rotatable bonds is 3. The van der Waals surface area contributed by atoms with Crippen LogP contribution in [-0.2, 0) is 24.2 Å². The summed E-state index contributed by atoms with van der Waals surface area (Å²) in [6.45, 7) is 6.45. The molecule has 5 nitrogen and oxygen atoms in total. The van der Waals surface area contributed by atoms with Crippen LogP contribution in [0.4, 0.5) is 0 Å². The second-order valence-corrected chi connectivity index (χ2v) is 6.04. The van der Waals surface area contributed by atoms with E-state index in [1.54, 1.807) is 6.07 Å². The Labute approximate surface area is 113 Å². The van der Waals surface area contributed by atoms with Gasteiger partial charge in [0.1, 0.15) is 0 Å². The van der Waals surface area contributed by atoms with Gasteiger partial charge in [-0.05, 0) is 24.8 Å². The molecule has 0 unspecified atom stereocenters. The first kappa shape index (κ1) is 13.8. The summed E-state index contributed by atoms with van der Waals surface area (Å²) in [7, 11) is 0. The van der Waals surface area contributed by atoms with E-state index in [1.807, 2.05) is 20.8 Å². The summed E-state index contributed by atoms with van der Waals surface area (Å²) < 4.78 is 1.45. The first-order valence-corrected chi connectivity index (χ1v) is 6.76. The summed E-state index contributed by atoms with van der Waals surface area (Å²) in [5, 5.41) is 7.19. The first-order valence-electron chi connectivity index (χ1n) is 6.76. The minimum Gasteiger partial charge on any atom is -0.354 e. The first-order chi connectivity index (χ1) is 8.88. The Morgan fingerprint density at radius 1 is 1.42 bits per heavy atom. The molecule has 0 saturated carbocycles. The van der Waals surface area contributed by atoms with Gasteiger partial charge in [0.25, 0.3) is 5.56 Å². The van der Waals surface area contributed by atoms with Crippen LogP contribution in [0.15, 0.2) is 10.9 Å². The number of hydrogen-bond donors (Lipinski definition) is 1. The predicted molar refractivity (Wildman–Crippen MR) is 73.0 cm³/mol. The van der Waals surface area contributed by atoms with Crippen molar-refractivity contribution in [3.05, 3.63) is 27.7 Å². The van der Waals surface area contributed by atoms with E-state index in [0.717, 1.165) is 30.5 Å². The van der Waals surface area contributed by atoms with Crippen molar-refractivity contribution < 1.29 is 4.79 Å². The summed E-state index contributed by atoms with van der Waals surface area (Å²) in [6, 6.07) is 1.68. The molecular formula is C14H21N3O2. The fourth-order valence-corrected chi connectivity index (χ4v) is 2.14. The maximum absolute atomic E-state index is 11.8. The van der Waals surface area contributed by atoms with Gasteiger partial charge in [-0.25, -0.2) is 4.68 Å². The van der Waals surface area contributed by atoms with Crippen LogP contribution >= 0.6 is 0 Å². The monoisotopic (exact) mass is 263 g/mol. The molecule has 0 saturated heterocycles. The highest BCUT2D eigenvalue weighted by Gasteiger charge is 2.20. The largest absolute Gasteiger partial charge is 0.354 e. The van der Waals surface area contributed by atoms with Crippen molar-refractivity contribution >= 4 is 5.91 Å². The average Bonchev–Trinajstić information content (AvgIpc) is 2.74. The molecule has 1 heterocycles. The molecule has 1 aliphatic carbocycles. The fourth-order valence-electron chi connectivity index (χ4n) is 2.14. The predicted octanol–water partition coefficient (Wildman–Crippen LogP) is 0.894. The Bertz CT molecular complexity index is 541. The lowest BCUT2D eigenvalue weighted by molar-refractivity contribution is -0.128. The van der Waals surface area contributed by atoms with E-state index in [1.165, 1.54) is 4.68 Å². The lowest BCUT2D eigenvalue weighted by Crippen LogP contribution is -2.38. The second-order valence-electron chi connectivity index (χ2n) is 6.04. The maximum Gasteiger partial charge on any atom is 0.267 e. The third-order valence-electron chi connectivity index (χ3n) is 3.31.